The number of nitrogens with zero attached hydrogens (tertiary/aromatic N) is 1. The molecule has 3 nitrogen and oxygen atoms in total. The molecule has 1 aliphatic heterocycles. The minimum Gasteiger partial charge on any atom is -0.489 e. The van der Waals surface area contributed by atoms with Crippen molar-refractivity contribution in [3.05, 3.63) is 29.8 Å². The number of hydrogen-bond donors (Lipinski definition) is 1. The van der Waals surface area contributed by atoms with Gasteiger partial charge in [0.25, 0.3) is 0 Å². The second-order valence-electron chi connectivity index (χ2n) is 5.34. The molecule has 1 heterocycles. The Hall–Kier alpha value is -1.06. The SMILES string of the molecule is CC(O)Cc1ccc(OC2CCCN(C)C2)cc1. The standard InChI is InChI=1S/C15H23NO2/c1-12(17)10-13-5-7-14(8-6-13)18-15-4-3-9-16(2)11-15/h5-8,12,15,17H,3-4,9-11H2,1-2H3. The van der Waals surface area contributed by atoms with E-state index in [0.29, 0.717) is 12.5 Å². The molecular formula is C15H23NO2. The van der Waals surface area contributed by atoms with Crippen molar-refractivity contribution < 1.29 is 9.84 Å². The van der Waals surface area contributed by atoms with Crippen LogP contribution in [0.15, 0.2) is 24.3 Å². The molecule has 2 atom stereocenters. The molecule has 1 N–H and O–H groups in total. The molecule has 0 aromatic heterocycles. The Balaban J connectivity index is 1.89. The van der Waals surface area contributed by atoms with Crippen LogP contribution in [-0.2, 0) is 6.42 Å². The van der Waals surface area contributed by atoms with Gasteiger partial charge in [0.05, 0.1) is 6.10 Å². The van der Waals surface area contributed by atoms with Crippen molar-refractivity contribution in [2.75, 3.05) is 20.1 Å². The number of benzene rings is 1. The summed E-state index contributed by atoms with van der Waals surface area (Å²) in [5, 5.41) is 9.33. The maximum Gasteiger partial charge on any atom is 0.119 e. The molecular weight excluding hydrogens is 226 g/mol. The van der Waals surface area contributed by atoms with E-state index < -0.39 is 0 Å². The van der Waals surface area contributed by atoms with Crippen LogP contribution in [0.3, 0.4) is 0 Å². The zero-order chi connectivity index (χ0) is 13.0. The number of hydrogen-bond acceptors (Lipinski definition) is 3. The second kappa shape index (κ2) is 6.21. The lowest BCUT2D eigenvalue weighted by Crippen LogP contribution is -2.38. The van der Waals surface area contributed by atoms with Crippen LogP contribution in [0.5, 0.6) is 5.75 Å². The summed E-state index contributed by atoms with van der Waals surface area (Å²) in [6.45, 7) is 3.99. The van der Waals surface area contributed by atoms with Gasteiger partial charge in [-0.1, -0.05) is 12.1 Å². The number of piperidine rings is 1. The lowest BCUT2D eigenvalue weighted by atomic mass is 10.1. The van der Waals surface area contributed by atoms with Gasteiger partial charge in [0.1, 0.15) is 11.9 Å². The summed E-state index contributed by atoms with van der Waals surface area (Å²) in [5.74, 6) is 0.935. The number of ether oxygens (including phenoxy) is 1. The Labute approximate surface area is 109 Å². The van der Waals surface area contributed by atoms with Crippen LogP contribution in [0.2, 0.25) is 0 Å². The van der Waals surface area contributed by atoms with Crippen molar-refractivity contribution in [1.29, 1.82) is 0 Å². The average Bonchev–Trinajstić information content (AvgIpc) is 2.31. The quantitative estimate of drug-likeness (QED) is 0.887. The van der Waals surface area contributed by atoms with E-state index >= 15 is 0 Å². The summed E-state index contributed by atoms with van der Waals surface area (Å²) in [5.41, 5.74) is 1.15. The second-order valence-corrected chi connectivity index (χ2v) is 5.34. The largest absolute Gasteiger partial charge is 0.489 e. The first-order valence-corrected chi connectivity index (χ1v) is 6.75. The molecule has 1 aromatic rings. The molecule has 1 fully saturated rings. The highest BCUT2D eigenvalue weighted by Crippen LogP contribution is 2.19. The molecule has 18 heavy (non-hydrogen) atoms. The van der Waals surface area contributed by atoms with Gasteiger partial charge in [0.2, 0.25) is 0 Å². The normalized spacial score (nSPS) is 22.7. The summed E-state index contributed by atoms with van der Waals surface area (Å²) in [7, 11) is 2.14. The predicted octanol–water partition coefficient (Wildman–Crippen LogP) is 2.08. The number of likely N-dealkylation sites (N-methyl/N-ethyl adjacent to an activating group) is 1. The first kappa shape index (κ1) is 13.4. The molecule has 1 saturated heterocycles. The summed E-state index contributed by atoms with van der Waals surface area (Å²) in [6, 6.07) is 8.09. The van der Waals surface area contributed by atoms with Gasteiger partial charge in [-0.2, -0.15) is 0 Å². The molecule has 2 rings (SSSR count). The molecule has 0 saturated carbocycles. The van der Waals surface area contributed by atoms with Gasteiger partial charge in [-0.05, 0) is 57.5 Å². The van der Waals surface area contributed by atoms with Gasteiger partial charge in [0.15, 0.2) is 0 Å². The Kier molecular flexibility index (Phi) is 4.61. The molecule has 0 bridgehead atoms. The predicted molar refractivity (Wildman–Crippen MR) is 73.0 cm³/mol. The number of likely N-dealkylation sites (tertiary alicyclic amines) is 1. The van der Waals surface area contributed by atoms with Crippen molar-refractivity contribution >= 4 is 0 Å². The van der Waals surface area contributed by atoms with E-state index in [1.807, 2.05) is 31.2 Å². The molecule has 100 valence electrons. The fraction of sp³-hybridized carbons (Fsp3) is 0.600. The highest BCUT2D eigenvalue weighted by atomic mass is 16.5. The van der Waals surface area contributed by atoms with Crippen LogP contribution in [0.25, 0.3) is 0 Å². The molecule has 3 heteroatoms. The van der Waals surface area contributed by atoms with Gasteiger partial charge in [-0.25, -0.2) is 0 Å². The van der Waals surface area contributed by atoms with Crippen LogP contribution in [0.1, 0.15) is 25.3 Å². The fourth-order valence-corrected chi connectivity index (χ4v) is 2.45. The fourth-order valence-electron chi connectivity index (χ4n) is 2.45. The topological polar surface area (TPSA) is 32.7 Å². The van der Waals surface area contributed by atoms with Crippen LogP contribution < -0.4 is 4.74 Å². The maximum absolute atomic E-state index is 9.33. The Morgan fingerprint density at radius 3 is 2.72 bits per heavy atom. The monoisotopic (exact) mass is 249 g/mol. The number of aliphatic hydroxyl groups is 1. The van der Waals surface area contributed by atoms with Crippen molar-refractivity contribution in [2.24, 2.45) is 0 Å². The van der Waals surface area contributed by atoms with Gasteiger partial charge >= 0.3 is 0 Å². The van der Waals surface area contributed by atoms with E-state index in [1.165, 1.54) is 13.0 Å². The van der Waals surface area contributed by atoms with E-state index in [-0.39, 0.29) is 6.10 Å². The molecule has 0 spiro atoms. The Bertz CT molecular complexity index is 361. The minimum atomic E-state index is -0.288. The number of rotatable bonds is 4. The van der Waals surface area contributed by atoms with Crippen molar-refractivity contribution in [3.8, 4) is 5.75 Å². The Morgan fingerprint density at radius 1 is 1.39 bits per heavy atom. The minimum absolute atomic E-state index is 0.288. The van der Waals surface area contributed by atoms with Crippen molar-refractivity contribution in [1.82, 2.24) is 4.90 Å². The molecule has 0 amide bonds. The van der Waals surface area contributed by atoms with E-state index in [1.54, 1.807) is 0 Å². The average molecular weight is 249 g/mol. The third-order valence-electron chi connectivity index (χ3n) is 3.34. The van der Waals surface area contributed by atoms with Crippen LogP contribution in [-0.4, -0.2) is 42.4 Å². The maximum atomic E-state index is 9.33. The number of aliphatic hydroxyl groups excluding tert-OH is 1. The molecule has 1 aliphatic rings. The van der Waals surface area contributed by atoms with E-state index in [9.17, 15) is 5.11 Å². The van der Waals surface area contributed by atoms with Gasteiger partial charge < -0.3 is 14.7 Å². The van der Waals surface area contributed by atoms with Gasteiger partial charge in [0, 0.05) is 6.54 Å². The van der Waals surface area contributed by atoms with E-state index in [2.05, 4.69) is 11.9 Å². The highest BCUT2D eigenvalue weighted by Gasteiger charge is 2.18. The van der Waals surface area contributed by atoms with Crippen molar-refractivity contribution in [2.45, 2.75) is 38.4 Å². The van der Waals surface area contributed by atoms with E-state index in [0.717, 1.165) is 24.3 Å². The Morgan fingerprint density at radius 2 is 2.11 bits per heavy atom. The molecule has 0 radical (unpaired) electrons. The van der Waals surface area contributed by atoms with Crippen molar-refractivity contribution in [3.63, 3.8) is 0 Å². The van der Waals surface area contributed by atoms with Gasteiger partial charge in [-0.3, -0.25) is 0 Å². The smallest absolute Gasteiger partial charge is 0.119 e. The van der Waals surface area contributed by atoms with Crippen LogP contribution >= 0.6 is 0 Å². The highest BCUT2D eigenvalue weighted by molar-refractivity contribution is 5.27. The summed E-state index contributed by atoms with van der Waals surface area (Å²) in [4.78, 5) is 2.32. The molecule has 2 unspecified atom stereocenters. The molecule has 0 aliphatic carbocycles. The van der Waals surface area contributed by atoms with Crippen LogP contribution in [0.4, 0.5) is 0 Å². The third kappa shape index (κ3) is 4.00. The zero-order valence-corrected chi connectivity index (χ0v) is 11.3. The summed E-state index contributed by atoms with van der Waals surface area (Å²) >= 11 is 0. The first-order valence-electron chi connectivity index (χ1n) is 6.75. The first-order chi connectivity index (χ1) is 8.63. The third-order valence-corrected chi connectivity index (χ3v) is 3.34. The van der Waals surface area contributed by atoms with Crippen LogP contribution in [0, 0.1) is 0 Å². The lowest BCUT2D eigenvalue weighted by Gasteiger charge is -2.30. The summed E-state index contributed by atoms with van der Waals surface area (Å²) in [6.07, 6.45) is 3.07. The van der Waals surface area contributed by atoms with Gasteiger partial charge in [-0.15, -0.1) is 0 Å². The zero-order valence-electron chi connectivity index (χ0n) is 11.3. The van der Waals surface area contributed by atoms with E-state index in [4.69, 9.17) is 4.74 Å². The molecule has 1 aromatic carbocycles. The lowest BCUT2D eigenvalue weighted by molar-refractivity contribution is 0.104. The summed E-state index contributed by atoms with van der Waals surface area (Å²) < 4.78 is 5.98.